The van der Waals surface area contributed by atoms with Crippen LogP contribution < -0.4 is 0 Å². The largest absolute Gasteiger partial charge is 0.477 e. The van der Waals surface area contributed by atoms with Crippen LogP contribution in [0.25, 0.3) is 5.82 Å². The van der Waals surface area contributed by atoms with E-state index in [0.717, 1.165) is 10.8 Å². The van der Waals surface area contributed by atoms with Crippen LogP contribution in [0.3, 0.4) is 0 Å². The smallest absolute Gasteiger partial charge is 0.352 e. The third-order valence-corrected chi connectivity index (χ3v) is 3.77. The van der Waals surface area contributed by atoms with E-state index in [1.54, 1.807) is 6.07 Å². The number of carboxylic acid groups (broad SMARTS) is 1. The molecular formula is C11H9ClN2O4S. The molecule has 0 aliphatic carbocycles. The minimum absolute atomic E-state index is 0.0620. The predicted molar refractivity (Wildman–Crippen MR) is 68.6 cm³/mol. The summed E-state index contributed by atoms with van der Waals surface area (Å²) in [7, 11) is -3.61. The second-order valence-corrected chi connectivity index (χ2v) is 6.15. The Labute approximate surface area is 114 Å². The summed E-state index contributed by atoms with van der Waals surface area (Å²) in [5.41, 5.74) is -0.221. The molecule has 2 heterocycles. The van der Waals surface area contributed by atoms with Crippen LogP contribution in [0.15, 0.2) is 35.5 Å². The molecule has 0 aliphatic rings. The number of sulfone groups is 1. The molecular weight excluding hydrogens is 292 g/mol. The normalized spacial score (nSPS) is 11.5. The number of aromatic nitrogens is 2. The van der Waals surface area contributed by atoms with Crippen LogP contribution in [0.5, 0.6) is 0 Å². The van der Waals surface area contributed by atoms with Gasteiger partial charge in [0, 0.05) is 12.5 Å². The van der Waals surface area contributed by atoms with Crippen molar-refractivity contribution in [3.63, 3.8) is 0 Å². The molecule has 2 aromatic rings. The predicted octanol–water partition coefficient (Wildman–Crippen LogP) is 1.63. The summed E-state index contributed by atoms with van der Waals surface area (Å²) in [5.74, 6) is -1.20. The average Bonchev–Trinajstić information content (AvgIpc) is 2.73. The quantitative estimate of drug-likeness (QED) is 0.930. The Morgan fingerprint density at radius 1 is 1.37 bits per heavy atom. The fraction of sp³-hybridized carbons (Fsp3) is 0.0909. The molecule has 0 aliphatic heterocycles. The van der Waals surface area contributed by atoms with Crippen LogP contribution in [-0.2, 0) is 9.84 Å². The lowest BCUT2D eigenvalue weighted by Gasteiger charge is -2.10. The van der Waals surface area contributed by atoms with Gasteiger partial charge in [0.2, 0.25) is 0 Å². The van der Waals surface area contributed by atoms with Gasteiger partial charge in [-0.15, -0.1) is 0 Å². The first kappa shape index (κ1) is 13.6. The monoisotopic (exact) mass is 300 g/mol. The summed E-state index contributed by atoms with van der Waals surface area (Å²) in [6.07, 6.45) is 2.39. The first-order chi connectivity index (χ1) is 8.82. The van der Waals surface area contributed by atoms with E-state index in [-0.39, 0.29) is 21.6 Å². The Bertz CT molecular complexity index is 752. The molecule has 0 saturated heterocycles. The van der Waals surface area contributed by atoms with Crippen molar-refractivity contribution in [1.29, 1.82) is 0 Å². The molecule has 0 spiro atoms. The zero-order chi connectivity index (χ0) is 14.2. The lowest BCUT2D eigenvalue weighted by Crippen LogP contribution is -2.13. The molecule has 2 rings (SSSR count). The van der Waals surface area contributed by atoms with E-state index in [4.69, 9.17) is 16.7 Å². The van der Waals surface area contributed by atoms with Crippen molar-refractivity contribution in [3.8, 4) is 5.82 Å². The molecule has 1 N–H and O–H groups in total. The zero-order valence-corrected chi connectivity index (χ0v) is 11.3. The maximum Gasteiger partial charge on any atom is 0.352 e. The SMILES string of the molecule is CS(=O)(=O)c1ccc(C(=O)O)n1-c1ncccc1Cl. The van der Waals surface area contributed by atoms with Crippen molar-refractivity contribution in [2.75, 3.05) is 6.26 Å². The number of pyridine rings is 1. The maximum atomic E-state index is 11.7. The molecule has 19 heavy (non-hydrogen) atoms. The van der Waals surface area contributed by atoms with E-state index >= 15 is 0 Å². The summed E-state index contributed by atoms with van der Waals surface area (Å²) >= 11 is 5.94. The summed E-state index contributed by atoms with van der Waals surface area (Å²) in [5, 5.41) is 9.09. The number of nitrogens with zero attached hydrogens (tertiary/aromatic N) is 2. The average molecular weight is 301 g/mol. The van der Waals surface area contributed by atoms with Crippen LogP contribution in [0.2, 0.25) is 5.02 Å². The van der Waals surface area contributed by atoms with Crippen LogP contribution in [-0.4, -0.2) is 35.3 Å². The molecule has 0 amide bonds. The van der Waals surface area contributed by atoms with Crippen LogP contribution in [0.4, 0.5) is 0 Å². The molecule has 100 valence electrons. The Balaban J connectivity index is 2.84. The standard InChI is InChI=1S/C11H9ClN2O4S/c1-19(17,18)9-5-4-8(11(15)16)14(9)10-7(12)3-2-6-13-10/h2-6H,1H3,(H,15,16). The summed E-state index contributed by atoms with van der Waals surface area (Å²) in [6, 6.07) is 5.48. The topological polar surface area (TPSA) is 89.3 Å². The molecule has 0 aromatic carbocycles. The fourth-order valence-electron chi connectivity index (χ4n) is 1.63. The van der Waals surface area contributed by atoms with Crippen LogP contribution in [0.1, 0.15) is 10.5 Å². The fourth-order valence-corrected chi connectivity index (χ4v) is 2.67. The van der Waals surface area contributed by atoms with Gasteiger partial charge in [0.05, 0.1) is 5.02 Å². The van der Waals surface area contributed by atoms with Crippen molar-refractivity contribution < 1.29 is 18.3 Å². The highest BCUT2D eigenvalue weighted by Crippen LogP contribution is 2.25. The first-order valence-corrected chi connectivity index (χ1v) is 7.35. The van der Waals surface area contributed by atoms with Gasteiger partial charge in [-0.1, -0.05) is 11.6 Å². The highest BCUT2D eigenvalue weighted by atomic mass is 35.5. The van der Waals surface area contributed by atoms with E-state index in [0.29, 0.717) is 0 Å². The number of carbonyl (C=O) groups is 1. The van der Waals surface area contributed by atoms with Crippen LogP contribution in [0, 0.1) is 0 Å². The molecule has 0 atom stereocenters. The van der Waals surface area contributed by atoms with Crippen molar-refractivity contribution in [1.82, 2.24) is 9.55 Å². The van der Waals surface area contributed by atoms with Gasteiger partial charge < -0.3 is 5.11 Å². The van der Waals surface area contributed by atoms with Gasteiger partial charge in [-0.2, -0.15) is 0 Å². The van der Waals surface area contributed by atoms with E-state index in [1.165, 1.54) is 24.4 Å². The molecule has 0 fully saturated rings. The molecule has 0 saturated carbocycles. The van der Waals surface area contributed by atoms with Gasteiger partial charge in [0.1, 0.15) is 10.7 Å². The molecule has 0 bridgehead atoms. The van der Waals surface area contributed by atoms with E-state index in [9.17, 15) is 13.2 Å². The number of hydrogen-bond donors (Lipinski definition) is 1. The lowest BCUT2D eigenvalue weighted by atomic mass is 10.4. The number of halogens is 1. The summed E-state index contributed by atoms with van der Waals surface area (Å²) in [6.45, 7) is 0. The summed E-state index contributed by atoms with van der Waals surface area (Å²) in [4.78, 5) is 15.1. The third-order valence-electron chi connectivity index (χ3n) is 2.39. The lowest BCUT2D eigenvalue weighted by molar-refractivity contribution is 0.0687. The van der Waals surface area contributed by atoms with Gasteiger partial charge in [0.15, 0.2) is 15.7 Å². The Hall–Kier alpha value is -1.86. The minimum Gasteiger partial charge on any atom is -0.477 e. The molecule has 0 radical (unpaired) electrons. The summed E-state index contributed by atoms with van der Waals surface area (Å²) < 4.78 is 24.4. The maximum absolute atomic E-state index is 11.7. The number of carboxylic acids is 1. The van der Waals surface area contributed by atoms with Crippen molar-refractivity contribution in [2.45, 2.75) is 5.03 Å². The minimum atomic E-state index is -3.61. The van der Waals surface area contributed by atoms with Gasteiger partial charge in [-0.25, -0.2) is 18.2 Å². The van der Waals surface area contributed by atoms with Crippen LogP contribution >= 0.6 is 11.6 Å². The molecule has 0 unspecified atom stereocenters. The first-order valence-electron chi connectivity index (χ1n) is 5.08. The van der Waals surface area contributed by atoms with Crippen molar-refractivity contribution in [2.24, 2.45) is 0 Å². The van der Waals surface area contributed by atoms with E-state index < -0.39 is 15.8 Å². The Morgan fingerprint density at radius 3 is 2.58 bits per heavy atom. The number of aromatic carboxylic acids is 1. The Kier molecular flexibility index (Phi) is 3.34. The highest BCUT2D eigenvalue weighted by Gasteiger charge is 2.23. The van der Waals surface area contributed by atoms with Gasteiger partial charge in [0.25, 0.3) is 0 Å². The van der Waals surface area contributed by atoms with Gasteiger partial charge in [-0.3, -0.25) is 4.57 Å². The molecule has 2 aromatic heterocycles. The molecule has 8 heteroatoms. The Morgan fingerprint density at radius 2 is 2.05 bits per heavy atom. The van der Waals surface area contributed by atoms with Crippen molar-refractivity contribution >= 4 is 27.4 Å². The third kappa shape index (κ3) is 2.47. The van der Waals surface area contributed by atoms with E-state index in [1.807, 2.05) is 0 Å². The van der Waals surface area contributed by atoms with E-state index in [2.05, 4.69) is 4.98 Å². The van der Waals surface area contributed by atoms with Gasteiger partial charge in [-0.05, 0) is 24.3 Å². The van der Waals surface area contributed by atoms with Gasteiger partial charge >= 0.3 is 5.97 Å². The van der Waals surface area contributed by atoms with Crippen molar-refractivity contribution in [3.05, 3.63) is 41.2 Å². The number of hydrogen-bond acceptors (Lipinski definition) is 4. The zero-order valence-electron chi connectivity index (χ0n) is 9.74. The molecule has 6 nitrogen and oxygen atoms in total. The second kappa shape index (κ2) is 4.67. The second-order valence-electron chi connectivity index (χ2n) is 3.78. The number of rotatable bonds is 3. The highest BCUT2D eigenvalue weighted by molar-refractivity contribution is 7.90.